The normalized spacial score (nSPS) is 11.5. The molecule has 0 aliphatic heterocycles. The molecule has 0 saturated heterocycles. The lowest BCUT2D eigenvalue weighted by Crippen LogP contribution is -2.38. The molecule has 0 atom stereocenters. The molecule has 0 aliphatic carbocycles. The highest BCUT2D eigenvalue weighted by molar-refractivity contribution is 5.93. The molecule has 2 aromatic heterocycles. The molecule has 2 rings (SSSR count). The zero-order valence-corrected chi connectivity index (χ0v) is 16.0. The Bertz CT molecular complexity index is 781. The molecule has 136 valence electrons. The number of rotatable bonds is 7. The summed E-state index contributed by atoms with van der Waals surface area (Å²) in [6.07, 6.45) is 4.96. The molecule has 1 amide bonds. The highest BCUT2D eigenvalue weighted by Crippen LogP contribution is 2.10. The second kappa shape index (κ2) is 8.28. The second-order valence-corrected chi connectivity index (χ2v) is 7.57. The van der Waals surface area contributed by atoms with Crippen LogP contribution >= 0.6 is 0 Å². The quantitative estimate of drug-likeness (QED) is 0.773. The van der Waals surface area contributed by atoms with Gasteiger partial charge in [-0.15, -0.1) is 0 Å². The van der Waals surface area contributed by atoms with Gasteiger partial charge in [-0.2, -0.15) is 0 Å². The molecular weight excluding hydrogens is 314 g/mol. The fourth-order valence-corrected chi connectivity index (χ4v) is 2.64. The Morgan fingerprint density at radius 1 is 1.16 bits per heavy atom. The Hall–Kier alpha value is -2.17. The van der Waals surface area contributed by atoms with Gasteiger partial charge < -0.3 is 4.90 Å². The van der Waals surface area contributed by atoms with E-state index in [1.807, 2.05) is 19.1 Å². The summed E-state index contributed by atoms with van der Waals surface area (Å²) in [6.45, 7) is 11.8. The molecule has 0 N–H and O–H groups in total. The van der Waals surface area contributed by atoms with Gasteiger partial charge in [0, 0.05) is 25.5 Å². The average Bonchev–Trinajstić information content (AvgIpc) is 2.54. The molecule has 0 spiro atoms. The van der Waals surface area contributed by atoms with Crippen LogP contribution in [0.3, 0.4) is 0 Å². The fraction of sp³-hybridized carbons (Fsp3) is 0.550. The van der Waals surface area contributed by atoms with Crippen molar-refractivity contribution in [2.75, 3.05) is 13.1 Å². The molecule has 0 saturated carbocycles. The Kier molecular flexibility index (Phi) is 6.34. The lowest BCUT2D eigenvalue weighted by Gasteiger charge is -2.24. The lowest BCUT2D eigenvalue weighted by atomic mass is 10.1. The Labute approximate surface area is 149 Å². The lowest BCUT2D eigenvalue weighted by molar-refractivity contribution is 0.0738. The number of aryl methyl sites for hydroxylation is 1. The van der Waals surface area contributed by atoms with Crippen molar-refractivity contribution >= 4 is 11.6 Å². The highest BCUT2D eigenvalue weighted by atomic mass is 16.2. The van der Waals surface area contributed by atoms with Crippen LogP contribution in [0.2, 0.25) is 0 Å². The largest absolute Gasteiger partial charge is 0.338 e. The maximum atomic E-state index is 13.0. The van der Waals surface area contributed by atoms with Crippen LogP contribution in [-0.2, 0) is 0 Å². The van der Waals surface area contributed by atoms with E-state index in [1.54, 1.807) is 11.1 Å². The Morgan fingerprint density at radius 3 is 2.32 bits per heavy atom. The van der Waals surface area contributed by atoms with Crippen molar-refractivity contribution < 1.29 is 4.79 Å². The topological polar surface area (TPSA) is 54.7 Å². The summed E-state index contributed by atoms with van der Waals surface area (Å²) in [5.41, 5.74) is 1.45. The monoisotopic (exact) mass is 343 g/mol. The molecule has 0 radical (unpaired) electrons. The molecule has 0 aromatic carbocycles. The Morgan fingerprint density at radius 2 is 1.76 bits per heavy atom. The van der Waals surface area contributed by atoms with Crippen LogP contribution in [-0.4, -0.2) is 33.3 Å². The number of hydrogen-bond acceptors (Lipinski definition) is 3. The van der Waals surface area contributed by atoms with Gasteiger partial charge in [-0.25, -0.2) is 4.98 Å². The molecule has 0 bridgehead atoms. The molecule has 5 heteroatoms. The van der Waals surface area contributed by atoms with Gasteiger partial charge in [-0.05, 0) is 49.3 Å². The zero-order chi connectivity index (χ0) is 18.6. The summed E-state index contributed by atoms with van der Waals surface area (Å²) in [5, 5.41) is 0. The van der Waals surface area contributed by atoms with Gasteiger partial charge in [0.15, 0.2) is 0 Å². The number of nitrogens with zero attached hydrogens (tertiary/aromatic N) is 3. The first-order valence-electron chi connectivity index (χ1n) is 9.07. The number of hydrogen-bond donors (Lipinski definition) is 0. The maximum absolute atomic E-state index is 13.0. The van der Waals surface area contributed by atoms with Crippen LogP contribution in [0.25, 0.3) is 5.65 Å². The standard InChI is InChI=1S/C20H29N3O2/c1-14(2)6-9-22(10-7-15(3)4)19(24)17-13-21-18-12-16(5)8-11-23(18)20(17)25/h8,11-15H,6-7,9-10H2,1-5H3. The van der Waals surface area contributed by atoms with Crippen molar-refractivity contribution in [2.45, 2.75) is 47.5 Å². The number of amides is 1. The molecule has 0 aliphatic rings. The van der Waals surface area contributed by atoms with Gasteiger partial charge in [0.1, 0.15) is 11.2 Å². The highest BCUT2D eigenvalue weighted by Gasteiger charge is 2.20. The molecular formula is C20H29N3O2. The predicted octanol–water partition coefficient (Wildman–Crippen LogP) is 3.54. The first kappa shape index (κ1) is 19.2. The number of pyridine rings is 1. The number of aromatic nitrogens is 2. The van der Waals surface area contributed by atoms with Crippen molar-refractivity contribution in [3.8, 4) is 0 Å². The van der Waals surface area contributed by atoms with E-state index in [0.29, 0.717) is 30.6 Å². The first-order chi connectivity index (χ1) is 11.8. The van der Waals surface area contributed by atoms with E-state index < -0.39 is 0 Å². The number of carbonyl (C=O) groups excluding carboxylic acids is 1. The first-order valence-corrected chi connectivity index (χ1v) is 9.07. The van der Waals surface area contributed by atoms with Crippen LogP contribution in [0.1, 0.15) is 56.5 Å². The van der Waals surface area contributed by atoms with Crippen molar-refractivity contribution in [3.05, 3.63) is 46.0 Å². The van der Waals surface area contributed by atoms with E-state index >= 15 is 0 Å². The van der Waals surface area contributed by atoms with E-state index in [0.717, 1.165) is 18.4 Å². The molecule has 25 heavy (non-hydrogen) atoms. The fourth-order valence-electron chi connectivity index (χ4n) is 2.64. The van der Waals surface area contributed by atoms with Crippen LogP contribution in [0, 0.1) is 18.8 Å². The minimum Gasteiger partial charge on any atom is -0.338 e. The van der Waals surface area contributed by atoms with Gasteiger partial charge in [-0.1, -0.05) is 27.7 Å². The van der Waals surface area contributed by atoms with Crippen LogP contribution < -0.4 is 5.56 Å². The summed E-state index contributed by atoms with van der Waals surface area (Å²) in [6, 6.07) is 3.69. The zero-order valence-electron chi connectivity index (χ0n) is 16.0. The summed E-state index contributed by atoms with van der Waals surface area (Å²) in [4.78, 5) is 31.8. The molecule has 2 heterocycles. The summed E-state index contributed by atoms with van der Waals surface area (Å²) < 4.78 is 1.45. The van der Waals surface area contributed by atoms with Gasteiger partial charge in [0.05, 0.1) is 0 Å². The average molecular weight is 343 g/mol. The predicted molar refractivity (Wildman–Crippen MR) is 101 cm³/mol. The SMILES string of the molecule is Cc1ccn2c(=O)c(C(=O)N(CCC(C)C)CCC(C)C)cnc2c1. The smallest absolute Gasteiger partial charge is 0.270 e. The third-order valence-electron chi connectivity index (χ3n) is 4.34. The summed E-state index contributed by atoms with van der Waals surface area (Å²) in [5.74, 6) is 0.801. The third kappa shape index (κ3) is 4.91. The van der Waals surface area contributed by atoms with E-state index in [-0.39, 0.29) is 17.0 Å². The van der Waals surface area contributed by atoms with Crippen molar-refractivity contribution in [2.24, 2.45) is 11.8 Å². The van der Waals surface area contributed by atoms with E-state index in [9.17, 15) is 9.59 Å². The summed E-state index contributed by atoms with van der Waals surface area (Å²) >= 11 is 0. The van der Waals surface area contributed by atoms with Crippen LogP contribution in [0.15, 0.2) is 29.3 Å². The molecule has 2 aromatic rings. The van der Waals surface area contributed by atoms with Gasteiger partial charge in [0.25, 0.3) is 11.5 Å². The number of fused-ring (bicyclic) bond motifs is 1. The number of carbonyl (C=O) groups is 1. The second-order valence-electron chi connectivity index (χ2n) is 7.57. The minimum absolute atomic E-state index is 0.147. The van der Waals surface area contributed by atoms with Crippen molar-refractivity contribution in [1.82, 2.24) is 14.3 Å². The van der Waals surface area contributed by atoms with E-state index in [2.05, 4.69) is 32.7 Å². The van der Waals surface area contributed by atoms with Gasteiger partial charge >= 0.3 is 0 Å². The maximum Gasteiger partial charge on any atom is 0.270 e. The Balaban J connectivity index is 2.33. The minimum atomic E-state index is -0.297. The van der Waals surface area contributed by atoms with Crippen molar-refractivity contribution in [3.63, 3.8) is 0 Å². The van der Waals surface area contributed by atoms with Crippen molar-refractivity contribution in [1.29, 1.82) is 0 Å². The van der Waals surface area contributed by atoms with Crippen LogP contribution in [0.5, 0.6) is 0 Å². The van der Waals surface area contributed by atoms with E-state index in [4.69, 9.17) is 0 Å². The summed E-state index contributed by atoms with van der Waals surface area (Å²) in [7, 11) is 0. The molecule has 0 fully saturated rings. The van der Waals surface area contributed by atoms with Crippen LogP contribution in [0.4, 0.5) is 0 Å². The third-order valence-corrected chi connectivity index (χ3v) is 4.34. The van der Waals surface area contributed by atoms with E-state index in [1.165, 1.54) is 10.6 Å². The van der Waals surface area contributed by atoms with Gasteiger partial charge in [0.2, 0.25) is 0 Å². The molecule has 5 nitrogen and oxygen atoms in total. The van der Waals surface area contributed by atoms with Gasteiger partial charge in [-0.3, -0.25) is 14.0 Å². The molecule has 0 unspecified atom stereocenters.